The topological polar surface area (TPSA) is 58.4 Å². The lowest BCUT2D eigenvalue weighted by molar-refractivity contribution is 0.0939. The van der Waals surface area contributed by atoms with E-state index in [2.05, 4.69) is 36.0 Å². The maximum Gasteiger partial charge on any atom is 0.251 e. The van der Waals surface area contributed by atoms with Gasteiger partial charge in [0, 0.05) is 29.8 Å². The molecular weight excluding hydrogens is 262 g/mol. The number of rotatable bonds is 5. The van der Waals surface area contributed by atoms with Crippen LogP contribution in [0.2, 0.25) is 0 Å². The van der Waals surface area contributed by atoms with Gasteiger partial charge in [-0.15, -0.1) is 0 Å². The monoisotopic (exact) mass is 285 g/mol. The van der Waals surface area contributed by atoms with E-state index < -0.39 is 0 Å². The molecule has 0 bridgehead atoms. The average Bonchev–Trinajstić information content (AvgIpc) is 3.34. The second-order valence-corrected chi connectivity index (χ2v) is 5.54. The Bertz CT molecular complexity index is 555. The van der Waals surface area contributed by atoms with Crippen LogP contribution in [0.15, 0.2) is 24.3 Å². The number of hydrogen-bond acceptors (Lipinski definition) is 3. The standard InChI is InChI=1S/C17H23N3O/c1-13(20(2)16-8-9-16)12-19-17(21)15-7-3-5-14(11-15)6-4-10-18/h3,5,7,11,13,16H,8-10,12,18H2,1-2H3,(H,19,21). The van der Waals surface area contributed by atoms with Gasteiger partial charge in [-0.2, -0.15) is 0 Å². The van der Waals surface area contributed by atoms with Crippen molar-refractivity contribution in [2.75, 3.05) is 20.1 Å². The van der Waals surface area contributed by atoms with Crippen LogP contribution >= 0.6 is 0 Å². The molecule has 2 rings (SSSR count). The summed E-state index contributed by atoms with van der Waals surface area (Å²) in [5.74, 6) is 5.68. The molecule has 4 nitrogen and oxygen atoms in total. The molecule has 1 aromatic rings. The molecule has 0 heterocycles. The van der Waals surface area contributed by atoms with E-state index in [-0.39, 0.29) is 5.91 Å². The molecule has 4 heteroatoms. The lowest BCUT2D eigenvalue weighted by Gasteiger charge is -2.24. The minimum atomic E-state index is -0.0533. The second-order valence-electron chi connectivity index (χ2n) is 5.54. The van der Waals surface area contributed by atoms with Gasteiger partial charge in [0.15, 0.2) is 0 Å². The van der Waals surface area contributed by atoms with Gasteiger partial charge in [-0.05, 0) is 45.0 Å². The zero-order valence-electron chi connectivity index (χ0n) is 12.7. The van der Waals surface area contributed by atoms with E-state index >= 15 is 0 Å². The predicted molar refractivity (Wildman–Crippen MR) is 85.0 cm³/mol. The highest BCUT2D eigenvalue weighted by atomic mass is 16.1. The first-order chi connectivity index (χ1) is 10.1. The summed E-state index contributed by atoms with van der Waals surface area (Å²) < 4.78 is 0. The molecule has 1 aliphatic rings. The summed E-state index contributed by atoms with van der Waals surface area (Å²) in [5.41, 5.74) is 6.81. The third-order valence-corrected chi connectivity index (χ3v) is 3.84. The zero-order chi connectivity index (χ0) is 15.2. The highest BCUT2D eigenvalue weighted by molar-refractivity contribution is 5.94. The van der Waals surface area contributed by atoms with Crippen molar-refractivity contribution < 1.29 is 4.79 Å². The molecule has 3 N–H and O–H groups in total. The van der Waals surface area contributed by atoms with Crippen LogP contribution in [0.3, 0.4) is 0 Å². The number of carbonyl (C=O) groups is 1. The fraction of sp³-hybridized carbons (Fsp3) is 0.471. The van der Waals surface area contributed by atoms with Crippen LogP contribution in [0, 0.1) is 11.8 Å². The highest BCUT2D eigenvalue weighted by Gasteiger charge is 2.29. The molecule has 1 aromatic carbocycles. The smallest absolute Gasteiger partial charge is 0.251 e. The van der Waals surface area contributed by atoms with Gasteiger partial charge < -0.3 is 11.1 Å². The van der Waals surface area contributed by atoms with Gasteiger partial charge in [-0.3, -0.25) is 9.69 Å². The lowest BCUT2D eigenvalue weighted by Crippen LogP contribution is -2.41. The molecule has 0 aromatic heterocycles. The van der Waals surface area contributed by atoms with Crippen molar-refractivity contribution in [3.63, 3.8) is 0 Å². The van der Waals surface area contributed by atoms with Gasteiger partial charge in [-0.25, -0.2) is 0 Å². The minimum absolute atomic E-state index is 0.0533. The van der Waals surface area contributed by atoms with Crippen LogP contribution in [0.4, 0.5) is 0 Å². The van der Waals surface area contributed by atoms with Crippen LogP contribution in [0.25, 0.3) is 0 Å². The molecule has 0 aliphatic heterocycles. The Morgan fingerprint density at radius 3 is 2.95 bits per heavy atom. The Morgan fingerprint density at radius 1 is 1.52 bits per heavy atom. The summed E-state index contributed by atoms with van der Waals surface area (Å²) in [6.45, 7) is 3.12. The molecule has 1 amide bonds. The zero-order valence-corrected chi connectivity index (χ0v) is 12.7. The van der Waals surface area contributed by atoms with E-state index in [0.29, 0.717) is 30.7 Å². The van der Waals surface area contributed by atoms with Gasteiger partial charge in [-0.1, -0.05) is 17.9 Å². The van der Waals surface area contributed by atoms with Gasteiger partial charge >= 0.3 is 0 Å². The van der Waals surface area contributed by atoms with Crippen molar-refractivity contribution in [2.45, 2.75) is 31.8 Å². The van der Waals surface area contributed by atoms with Crippen LogP contribution in [0.1, 0.15) is 35.7 Å². The summed E-state index contributed by atoms with van der Waals surface area (Å²) in [6.07, 6.45) is 2.55. The van der Waals surface area contributed by atoms with Gasteiger partial charge in [0.1, 0.15) is 0 Å². The van der Waals surface area contributed by atoms with Crippen molar-refractivity contribution >= 4 is 5.91 Å². The Kier molecular flexibility index (Phi) is 5.38. The van der Waals surface area contributed by atoms with Gasteiger partial charge in [0.25, 0.3) is 5.91 Å². The molecule has 1 atom stereocenters. The molecular formula is C17H23N3O. The van der Waals surface area contributed by atoms with Gasteiger partial charge in [0.2, 0.25) is 0 Å². The Labute approximate surface area is 126 Å². The highest BCUT2D eigenvalue weighted by Crippen LogP contribution is 2.26. The molecule has 1 fully saturated rings. The molecule has 1 saturated carbocycles. The number of likely N-dealkylation sites (N-methyl/N-ethyl adjacent to an activating group) is 1. The largest absolute Gasteiger partial charge is 0.350 e. The number of amides is 1. The van der Waals surface area contributed by atoms with E-state index in [1.165, 1.54) is 12.8 Å². The Balaban J connectivity index is 1.90. The van der Waals surface area contributed by atoms with Gasteiger partial charge in [0.05, 0.1) is 6.54 Å². The lowest BCUT2D eigenvalue weighted by atomic mass is 10.1. The number of hydrogen-bond donors (Lipinski definition) is 2. The number of nitrogens with zero attached hydrogens (tertiary/aromatic N) is 1. The van der Waals surface area contributed by atoms with Crippen LogP contribution < -0.4 is 11.1 Å². The van der Waals surface area contributed by atoms with E-state index in [1.54, 1.807) is 12.1 Å². The van der Waals surface area contributed by atoms with Crippen molar-refractivity contribution in [1.29, 1.82) is 0 Å². The fourth-order valence-electron chi connectivity index (χ4n) is 2.22. The van der Waals surface area contributed by atoms with Crippen LogP contribution in [-0.2, 0) is 0 Å². The van der Waals surface area contributed by atoms with Crippen molar-refractivity contribution in [1.82, 2.24) is 10.2 Å². The summed E-state index contributed by atoms with van der Waals surface area (Å²) in [6, 6.07) is 8.37. The maximum atomic E-state index is 12.2. The Hall–Kier alpha value is -1.83. The predicted octanol–water partition coefficient (Wildman–Crippen LogP) is 1.21. The first kappa shape index (κ1) is 15.6. The molecule has 112 valence electrons. The summed E-state index contributed by atoms with van der Waals surface area (Å²) in [5, 5.41) is 2.99. The molecule has 1 aliphatic carbocycles. The SMILES string of the molecule is CC(CNC(=O)c1cccc(C#CCN)c1)N(C)C1CC1. The normalized spacial score (nSPS) is 15.2. The molecule has 21 heavy (non-hydrogen) atoms. The average molecular weight is 285 g/mol. The number of carbonyl (C=O) groups excluding carboxylic acids is 1. The summed E-state index contributed by atoms with van der Waals surface area (Å²) >= 11 is 0. The third kappa shape index (κ3) is 4.59. The maximum absolute atomic E-state index is 12.2. The number of nitrogens with two attached hydrogens (primary N) is 1. The minimum Gasteiger partial charge on any atom is -0.350 e. The summed E-state index contributed by atoms with van der Waals surface area (Å²) in [4.78, 5) is 14.5. The van der Waals surface area contributed by atoms with Crippen molar-refractivity contribution in [2.24, 2.45) is 5.73 Å². The number of nitrogens with one attached hydrogen (secondary N) is 1. The Morgan fingerprint density at radius 2 is 2.29 bits per heavy atom. The van der Waals surface area contributed by atoms with Crippen LogP contribution in [-0.4, -0.2) is 43.0 Å². The second kappa shape index (κ2) is 7.26. The van der Waals surface area contributed by atoms with E-state index in [4.69, 9.17) is 5.73 Å². The quantitative estimate of drug-likeness (QED) is 0.800. The van der Waals surface area contributed by atoms with Crippen LogP contribution in [0.5, 0.6) is 0 Å². The first-order valence-corrected chi connectivity index (χ1v) is 7.41. The van der Waals surface area contributed by atoms with E-state index in [1.807, 2.05) is 12.1 Å². The molecule has 0 saturated heterocycles. The van der Waals surface area contributed by atoms with Crippen molar-refractivity contribution in [3.8, 4) is 11.8 Å². The first-order valence-electron chi connectivity index (χ1n) is 7.41. The fourth-order valence-corrected chi connectivity index (χ4v) is 2.22. The number of benzene rings is 1. The summed E-state index contributed by atoms with van der Waals surface area (Å²) in [7, 11) is 2.12. The molecule has 0 spiro atoms. The van der Waals surface area contributed by atoms with Crippen molar-refractivity contribution in [3.05, 3.63) is 35.4 Å². The molecule has 0 radical (unpaired) electrons. The molecule has 1 unspecified atom stereocenters. The third-order valence-electron chi connectivity index (χ3n) is 3.84. The van der Waals surface area contributed by atoms with E-state index in [9.17, 15) is 4.79 Å². The van der Waals surface area contributed by atoms with E-state index in [0.717, 1.165) is 5.56 Å².